The van der Waals surface area contributed by atoms with E-state index >= 15 is 0 Å². The minimum atomic E-state index is -0.565. The lowest BCUT2D eigenvalue weighted by Gasteiger charge is -2.32. The Kier molecular flexibility index (Phi) is 28.9. The van der Waals surface area contributed by atoms with Gasteiger partial charge in [0.1, 0.15) is 36.5 Å². The monoisotopic (exact) mass is 1310 g/mol. The van der Waals surface area contributed by atoms with E-state index in [0.29, 0.717) is 149 Å². The van der Waals surface area contributed by atoms with Gasteiger partial charge < -0.3 is 63.9 Å². The number of nitrogens with one attached hydrogen (secondary N) is 4. The van der Waals surface area contributed by atoms with Crippen molar-refractivity contribution in [3.05, 3.63) is 95.0 Å². The van der Waals surface area contributed by atoms with Gasteiger partial charge in [0.15, 0.2) is 34.6 Å². The van der Waals surface area contributed by atoms with Crippen LogP contribution >= 0.6 is 23.2 Å². The predicted octanol–water partition coefficient (Wildman–Crippen LogP) is 11.2. The molecule has 0 radical (unpaired) electrons. The first-order chi connectivity index (χ1) is 43.7. The van der Waals surface area contributed by atoms with E-state index in [1.165, 1.54) is 24.8 Å². The number of anilines is 4. The highest BCUT2D eigenvalue weighted by atomic mass is 35.5. The van der Waals surface area contributed by atoms with E-state index in [4.69, 9.17) is 65.8 Å². The smallest absolute Gasteiger partial charge is 0.234 e. The number of fused-ring (bicyclic) bond motifs is 2. The lowest BCUT2D eigenvalue weighted by molar-refractivity contribution is -0.123. The number of nitrogens with zero attached hydrogens (tertiary/aromatic N) is 6. The van der Waals surface area contributed by atoms with Gasteiger partial charge in [0.25, 0.3) is 0 Å². The number of hydrogen-bond acceptors (Lipinski definition) is 19. The molecular weight excluding hydrogens is 1220 g/mol. The van der Waals surface area contributed by atoms with Crippen molar-refractivity contribution in [1.29, 1.82) is 0 Å². The van der Waals surface area contributed by atoms with Crippen LogP contribution in [0.25, 0.3) is 21.8 Å². The number of halogens is 4. The molecule has 0 aliphatic carbocycles. The van der Waals surface area contributed by atoms with E-state index < -0.39 is 11.6 Å². The number of aromatic nitrogens is 4. The van der Waals surface area contributed by atoms with Gasteiger partial charge in [-0.05, 0) is 85.8 Å². The Morgan fingerprint density at radius 1 is 0.516 bits per heavy atom. The molecule has 2 amide bonds. The van der Waals surface area contributed by atoms with Crippen LogP contribution in [0.5, 0.6) is 23.0 Å². The van der Waals surface area contributed by atoms with Crippen LogP contribution in [-0.2, 0) is 33.3 Å². The fraction of sp³-hybridized carbons (Fsp3) is 0.545. The van der Waals surface area contributed by atoms with Gasteiger partial charge in [-0.25, -0.2) is 28.7 Å². The quantitative estimate of drug-likeness (QED) is 0.0281. The molecule has 0 atom stereocenters. The van der Waals surface area contributed by atoms with E-state index in [-0.39, 0.29) is 56.3 Å². The van der Waals surface area contributed by atoms with Crippen molar-refractivity contribution in [2.75, 3.05) is 143 Å². The Bertz CT molecular complexity index is 3240. The van der Waals surface area contributed by atoms with Crippen LogP contribution in [-0.4, -0.2) is 186 Å². The van der Waals surface area contributed by atoms with Gasteiger partial charge in [0.05, 0.1) is 113 Å². The molecule has 2 fully saturated rings. The molecule has 0 saturated carbocycles. The van der Waals surface area contributed by atoms with E-state index in [1.807, 2.05) is 0 Å². The zero-order valence-electron chi connectivity index (χ0n) is 53.7. The average molecular weight is 1310 g/mol. The molecular formula is C66H90Cl2F2N10O11. The highest BCUT2D eigenvalue weighted by Crippen LogP contribution is 2.39. The standard InChI is InChI=1S/C34H47ClFN5O6.C32H43ClFN5O5/c1-34(2,3)10-14-44-16-18-46-19-17-45-15-11-37-31(42)22-41-12-8-24(9-13-41)47-30-20-25-28(21-29(30)43-4)38-23-39-33(25)40-27-7-5-6-26(35)32(27)36;1-32(2,3)10-14-42-16-17-43-15-11-35-29(40)20-39-12-8-22(9-13-39)44-28-18-23-26(19-27(28)41-4)36-21-37-31(23)38-25-7-5-6-24(33)30(25)34/h5-7,20-21,23-24H,8-19,22H2,1-4H3,(H,37,42)(H,38,39,40);5-7,18-19,21-22H,8-17,20H2,1-4H3,(H,35,40)(H,36,37,38). The highest BCUT2D eigenvalue weighted by molar-refractivity contribution is 6.31. The number of likely N-dealkylation sites (tertiary alicyclic amines) is 2. The Morgan fingerprint density at radius 3 is 1.24 bits per heavy atom. The first kappa shape index (κ1) is 71.9. The summed E-state index contributed by atoms with van der Waals surface area (Å²) >= 11 is 11.9. The summed E-state index contributed by atoms with van der Waals surface area (Å²) in [5.74, 6) is 1.79. The van der Waals surface area contributed by atoms with Gasteiger partial charge >= 0.3 is 0 Å². The van der Waals surface area contributed by atoms with Gasteiger partial charge in [0, 0.05) is 75.4 Å². The number of hydrogen-bond donors (Lipinski definition) is 4. The maximum absolute atomic E-state index is 14.6. The van der Waals surface area contributed by atoms with Gasteiger partial charge in [0.2, 0.25) is 11.8 Å². The molecule has 4 heterocycles. The van der Waals surface area contributed by atoms with Crippen LogP contribution in [0.2, 0.25) is 10.0 Å². The molecule has 2 aliphatic rings. The molecule has 21 nitrogen and oxygen atoms in total. The molecule has 8 rings (SSSR count). The summed E-state index contributed by atoms with van der Waals surface area (Å²) in [6.07, 6.45) is 7.66. The summed E-state index contributed by atoms with van der Waals surface area (Å²) in [7, 11) is 3.14. The van der Waals surface area contributed by atoms with Gasteiger partial charge in [-0.1, -0.05) is 76.9 Å². The average Bonchev–Trinajstić information content (AvgIpc) is 1.25. The second kappa shape index (κ2) is 36.6. The Morgan fingerprint density at radius 2 is 0.879 bits per heavy atom. The maximum atomic E-state index is 14.6. The minimum Gasteiger partial charge on any atom is -0.493 e. The van der Waals surface area contributed by atoms with Gasteiger partial charge in [-0.3, -0.25) is 19.4 Å². The summed E-state index contributed by atoms with van der Waals surface area (Å²) in [4.78, 5) is 46.5. The van der Waals surface area contributed by atoms with Crippen molar-refractivity contribution in [1.82, 2.24) is 40.4 Å². The number of rotatable bonds is 33. The zero-order chi connectivity index (χ0) is 65.2. The number of carbonyl (C=O) groups is 2. The largest absolute Gasteiger partial charge is 0.493 e. The molecule has 4 N–H and O–H groups in total. The van der Waals surface area contributed by atoms with E-state index in [0.717, 1.165) is 64.8 Å². The molecule has 91 heavy (non-hydrogen) atoms. The fourth-order valence-electron chi connectivity index (χ4n) is 9.68. The molecule has 2 saturated heterocycles. The molecule has 2 aromatic heterocycles. The second-order valence-corrected chi connectivity index (χ2v) is 25.3. The Labute approximate surface area is 543 Å². The normalized spacial score (nSPS) is 14.4. The molecule has 4 aromatic carbocycles. The Balaban J connectivity index is 0.000000259. The van der Waals surface area contributed by atoms with Crippen molar-refractivity contribution in [2.45, 2.75) is 92.3 Å². The van der Waals surface area contributed by atoms with Crippen LogP contribution in [0, 0.1) is 22.5 Å². The lowest BCUT2D eigenvalue weighted by Crippen LogP contribution is -2.44. The van der Waals surface area contributed by atoms with Gasteiger partial charge in [-0.15, -0.1) is 0 Å². The third-order valence-corrected chi connectivity index (χ3v) is 15.5. The van der Waals surface area contributed by atoms with Crippen LogP contribution in [0.3, 0.4) is 0 Å². The van der Waals surface area contributed by atoms with Crippen molar-refractivity contribution < 1.29 is 61.0 Å². The predicted molar refractivity (Wildman–Crippen MR) is 350 cm³/mol. The maximum Gasteiger partial charge on any atom is 0.234 e. The summed E-state index contributed by atoms with van der Waals surface area (Å²) in [6.45, 7) is 23.1. The molecule has 6 aromatic rings. The molecule has 498 valence electrons. The van der Waals surface area contributed by atoms with E-state index in [2.05, 4.69) is 92.5 Å². The van der Waals surface area contributed by atoms with Crippen molar-refractivity contribution >= 4 is 79.8 Å². The summed E-state index contributed by atoms with van der Waals surface area (Å²) in [5, 5.41) is 13.2. The zero-order valence-corrected chi connectivity index (χ0v) is 55.3. The van der Waals surface area contributed by atoms with Crippen LogP contribution in [0.15, 0.2) is 73.3 Å². The summed E-state index contributed by atoms with van der Waals surface area (Å²) in [5.41, 5.74) is 2.17. The highest BCUT2D eigenvalue weighted by Gasteiger charge is 2.26. The third kappa shape index (κ3) is 24.5. The number of methoxy groups -OCH3 is 2. The van der Waals surface area contributed by atoms with Gasteiger partial charge in [-0.2, -0.15) is 0 Å². The summed E-state index contributed by atoms with van der Waals surface area (Å²) in [6, 6.07) is 16.6. The Hall–Kier alpha value is -6.54. The number of benzene rings is 4. The first-order valence-electron chi connectivity index (χ1n) is 31.0. The molecule has 0 spiro atoms. The fourth-order valence-corrected chi connectivity index (χ4v) is 10.0. The van der Waals surface area contributed by atoms with Crippen LogP contribution in [0.4, 0.5) is 31.8 Å². The number of amides is 2. The number of ether oxygens (including phenoxy) is 9. The third-order valence-electron chi connectivity index (χ3n) is 14.9. The van der Waals surface area contributed by atoms with Crippen molar-refractivity contribution in [2.24, 2.45) is 10.8 Å². The lowest BCUT2D eigenvalue weighted by atomic mass is 9.93. The molecule has 25 heteroatoms. The number of carbonyl (C=O) groups excluding carboxylic acids is 2. The van der Waals surface area contributed by atoms with Crippen LogP contribution < -0.4 is 40.2 Å². The van der Waals surface area contributed by atoms with E-state index in [9.17, 15) is 18.4 Å². The molecule has 0 unspecified atom stereocenters. The topological polar surface area (TPSA) is 223 Å². The van der Waals surface area contributed by atoms with Crippen molar-refractivity contribution in [3.8, 4) is 23.0 Å². The number of piperidine rings is 2. The van der Waals surface area contributed by atoms with E-state index in [1.54, 1.807) is 62.8 Å². The van der Waals surface area contributed by atoms with Crippen LogP contribution in [0.1, 0.15) is 80.1 Å². The SMILES string of the molecule is COc1cc2ncnc(Nc3cccc(Cl)c3F)c2cc1OC1CCN(CC(=O)NCCOCCOCCC(C)(C)C)CC1.COc1cc2ncnc(Nc3cccc(Cl)c3F)c2cc1OC1CCN(CC(=O)NCCOCCOCCOCCC(C)(C)C)CC1. The van der Waals surface area contributed by atoms with Crippen molar-refractivity contribution in [3.63, 3.8) is 0 Å². The molecule has 2 aliphatic heterocycles. The first-order valence-corrected chi connectivity index (χ1v) is 31.8. The minimum absolute atomic E-state index is 0.0119. The summed E-state index contributed by atoms with van der Waals surface area (Å²) < 4.78 is 80.9. The second-order valence-electron chi connectivity index (χ2n) is 24.5. The molecule has 0 bridgehead atoms.